The largest absolute Gasteiger partial charge is 0.328 e. The number of nitrogens with zero attached hydrogens (tertiary/aromatic N) is 1. The molecule has 1 saturated heterocycles. The normalized spacial score (nSPS) is 22.3. The number of nitrogens with two attached hydrogens (primary N) is 1. The summed E-state index contributed by atoms with van der Waals surface area (Å²) in [4.78, 5) is 14.4. The number of nitrogens with one attached hydrogen (secondary N) is 1. The summed E-state index contributed by atoms with van der Waals surface area (Å²) in [7, 11) is 0. The third kappa shape index (κ3) is 2.85. The maximum Gasteiger partial charge on any atom is 0.322 e. The van der Waals surface area contributed by atoms with Gasteiger partial charge >= 0.3 is 6.03 Å². The first-order valence-electron chi connectivity index (χ1n) is 7.46. The van der Waals surface area contributed by atoms with Gasteiger partial charge in [-0.3, -0.25) is 0 Å². The summed E-state index contributed by atoms with van der Waals surface area (Å²) < 4.78 is 0. The van der Waals surface area contributed by atoms with Crippen molar-refractivity contribution in [2.24, 2.45) is 5.73 Å². The number of hydrogen-bond donors (Lipinski definition) is 2. The predicted octanol–water partition coefficient (Wildman–Crippen LogP) is 3.18. The molecule has 3 rings (SSSR count). The Morgan fingerprint density at radius 2 is 2.00 bits per heavy atom. The zero-order chi connectivity index (χ0) is 14.8. The standard InChI is InChI=1S/C17H21N3O/c1-12-11-14(18)9-10-20(12)17(21)19-16-8-4-6-13-5-2-3-7-15(13)16/h2-8,12,14H,9-11,18H2,1H3,(H,19,21). The van der Waals surface area contributed by atoms with Crippen LogP contribution in [0.5, 0.6) is 0 Å². The topological polar surface area (TPSA) is 58.4 Å². The molecule has 0 aliphatic carbocycles. The number of likely N-dealkylation sites (tertiary alicyclic amines) is 1. The number of amides is 2. The molecule has 0 spiro atoms. The molecule has 4 heteroatoms. The molecule has 1 fully saturated rings. The molecule has 3 N–H and O–H groups in total. The lowest BCUT2D eigenvalue weighted by Gasteiger charge is -2.36. The molecule has 1 heterocycles. The first-order valence-corrected chi connectivity index (χ1v) is 7.46. The smallest absolute Gasteiger partial charge is 0.322 e. The van der Waals surface area contributed by atoms with Crippen molar-refractivity contribution in [2.45, 2.75) is 31.8 Å². The molecule has 2 aromatic carbocycles. The average Bonchev–Trinajstić information content (AvgIpc) is 2.47. The van der Waals surface area contributed by atoms with Gasteiger partial charge in [-0.1, -0.05) is 36.4 Å². The Morgan fingerprint density at radius 3 is 2.81 bits per heavy atom. The van der Waals surface area contributed by atoms with Gasteiger partial charge < -0.3 is 16.0 Å². The molecule has 4 nitrogen and oxygen atoms in total. The van der Waals surface area contributed by atoms with Gasteiger partial charge in [-0.15, -0.1) is 0 Å². The molecule has 110 valence electrons. The zero-order valence-corrected chi connectivity index (χ0v) is 12.3. The van der Waals surface area contributed by atoms with Crippen LogP contribution in [0.2, 0.25) is 0 Å². The van der Waals surface area contributed by atoms with E-state index < -0.39 is 0 Å². The van der Waals surface area contributed by atoms with Crippen molar-refractivity contribution in [1.29, 1.82) is 0 Å². The molecule has 1 aliphatic rings. The third-order valence-corrected chi connectivity index (χ3v) is 4.21. The van der Waals surface area contributed by atoms with E-state index in [1.807, 2.05) is 47.4 Å². The number of rotatable bonds is 1. The number of benzene rings is 2. The minimum absolute atomic E-state index is 0.0363. The number of fused-ring (bicyclic) bond motifs is 1. The molecule has 0 radical (unpaired) electrons. The first kappa shape index (κ1) is 13.9. The van der Waals surface area contributed by atoms with Crippen molar-refractivity contribution in [3.05, 3.63) is 42.5 Å². The number of carbonyl (C=O) groups is 1. The monoisotopic (exact) mass is 283 g/mol. The molecular formula is C17H21N3O. The predicted molar refractivity (Wildman–Crippen MR) is 86.3 cm³/mol. The third-order valence-electron chi connectivity index (χ3n) is 4.21. The minimum Gasteiger partial charge on any atom is -0.328 e. The van der Waals surface area contributed by atoms with Gasteiger partial charge in [-0.25, -0.2) is 4.79 Å². The van der Waals surface area contributed by atoms with E-state index in [9.17, 15) is 4.79 Å². The lowest BCUT2D eigenvalue weighted by molar-refractivity contribution is 0.163. The number of hydrogen-bond acceptors (Lipinski definition) is 2. The van der Waals surface area contributed by atoms with E-state index >= 15 is 0 Å². The number of piperidine rings is 1. The molecule has 21 heavy (non-hydrogen) atoms. The summed E-state index contributed by atoms with van der Waals surface area (Å²) in [5.41, 5.74) is 6.82. The molecule has 2 amide bonds. The maximum absolute atomic E-state index is 12.5. The Labute approximate surface area is 124 Å². The number of urea groups is 1. The van der Waals surface area contributed by atoms with Crippen LogP contribution in [0.15, 0.2) is 42.5 Å². The minimum atomic E-state index is -0.0363. The molecule has 2 atom stereocenters. The summed E-state index contributed by atoms with van der Waals surface area (Å²) in [6.07, 6.45) is 1.73. The van der Waals surface area contributed by atoms with E-state index in [0.717, 1.165) is 35.8 Å². The molecule has 2 aromatic rings. The van der Waals surface area contributed by atoms with E-state index in [2.05, 4.69) is 12.2 Å². The van der Waals surface area contributed by atoms with Crippen molar-refractivity contribution in [1.82, 2.24) is 4.90 Å². The lowest BCUT2D eigenvalue weighted by Crippen LogP contribution is -2.49. The Morgan fingerprint density at radius 1 is 1.24 bits per heavy atom. The first-order chi connectivity index (χ1) is 10.1. The second-order valence-corrected chi connectivity index (χ2v) is 5.78. The lowest BCUT2D eigenvalue weighted by atomic mass is 10.00. The van der Waals surface area contributed by atoms with Gasteiger partial charge in [0.25, 0.3) is 0 Å². The number of carbonyl (C=O) groups excluding carboxylic acids is 1. The highest BCUT2D eigenvalue weighted by atomic mass is 16.2. The summed E-state index contributed by atoms with van der Waals surface area (Å²) >= 11 is 0. The van der Waals surface area contributed by atoms with E-state index in [4.69, 9.17) is 5.73 Å². The second-order valence-electron chi connectivity index (χ2n) is 5.78. The Kier molecular flexibility index (Phi) is 3.80. The van der Waals surface area contributed by atoms with Gasteiger partial charge in [0.2, 0.25) is 0 Å². The van der Waals surface area contributed by atoms with E-state index in [1.54, 1.807) is 0 Å². The van der Waals surface area contributed by atoms with Crippen LogP contribution in [0.1, 0.15) is 19.8 Å². The highest BCUT2D eigenvalue weighted by molar-refractivity contribution is 6.01. The van der Waals surface area contributed by atoms with Crippen LogP contribution in [0.3, 0.4) is 0 Å². The van der Waals surface area contributed by atoms with Crippen LogP contribution in [0.4, 0.5) is 10.5 Å². The van der Waals surface area contributed by atoms with Crippen molar-refractivity contribution in [3.8, 4) is 0 Å². The van der Waals surface area contributed by atoms with Crippen molar-refractivity contribution in [2.75, 3.05) is 11.9 Å². The average molecular weight is 283 g/mol. The van der Waals surface area contributed by atoms with E-state index in [0.29, 0.717) is 0 Å². The zero-order valence-electron chi connectivity index (χ0n) is 12.3. The Bertz CT molecular complexity index is 650. The molecule has 0 bridgehead atoms. The summed E-state index contributed by atoms with van der Waals surface area (Å²) in [5, 5.41) is 5.24. The maximum atomic E-state index is 12.5. The quantitative estimate of drug-likeness (QED) is 0.844. The van der Waals surface area contributed by atoms with Crippen LogP contribution in [-0.2, 0) is 0 Å². The fourth-order valence-corrected chi connectivity index (χ4v) is 3.03. The van der Waals surface area contributed by atoms with Gasteiger partial charge in [0, 0.05) is 24.0 Å². The highest BCUT2D eigenvalue weighted by Gasteiger charge is 2.27. The van der Waals surface area contributed by atoms with Crippen molar-refractivity contribution >= 4 is 22.5 Å². The second kappa shape index (κ2) is 5.74. The van der Waals surface area contributed by atoms with Gasteiger partial charge in [-0.05, 0) is 31.2 Å². The van der Waals surface area contributed by atoms with Crippen LogP contribution >= 0.6 is 0 Å². The molecular weight excluding hydrogens is 262 g/mol. The SMILES string of the molecule is CC1CC(N)CCN1C(=O)Nc1cccc2ccccc12. The fraction of sp³-hybridized carbons (Fsp3) is 0.353. The van der Waals surface area contributed by atoms with Gasteiger partial charge in [-0.2, -0.15) is 0 Å². The molecule has 0 aromatic heterocycles. The Balaban J connectivity index is 1.80. The molecule has 2 unspecified atom stereocenters. The van der Waals surface area contributed by atoms with E-state index in [-0.39, 0.29) is 18.1 Å². The van der Waals surface area contributed by atoms with Gasteiger partial charge in [0.05, 0.1) is 5.69 Å². The molecule has 1 aliphatic heterocycles. The van der Waals surface area contributed by atoms with E-state index in [1.165, 1.54) is 0 Å². The van der Waals surface area contributed by atoms with Crippen LogP contribution in [-0.4, -0.2) is 29.6 Å². The van der Waals surface area contributed by atoms with Gasteiger partial charge in [0.15, 0.2) is 0 Å². The highest BCUT2D eigenvalue weighted by Crippen LogP contribution is 2.24. The van der Waals surface area contributed by atoms with Crippen LogP contribution in [0, 0.1) is 0 Å². The van der Waals surface area contributed by atoms with Crippen molar-refractivity contribution in [3.63, 3.8) is 0 Å². The van der Waals surface area contributed by atoms with Crippen molar-refractivity contribution < 1.29 is 4.79 Å². The van der Waals surface area contributed by atoms with Crippen LogP contribution < -0.4 is 11.1 Å². The molecule has 0 saturated carbocycles. The summed E-state index contributed by atoms with van der Waals surface area (Å²) in [5.74, 6) is 0. The number of anilines is 1. The fourth-order valence-electron chi connectivity index (χ4n) is 3.03. The Hall–Kier alpha value is -2.07. The summed E-state index contributed by atoms with van der Waals surface area (Å²) in [6, 6.07) is 14.4. The van der Waals surface area contributed by atoms with Crippen LogP contribution in [0.25, 0.3) is 10.8 Å². The summed E-state index contributed by atoms with van der Waals surface area (Å²) in [6.45, 7) is 2.78. The van der Waals surface area contributed by atoms with Gasteiger partial charge in [0.1, 0.15) is 0 Å².